The number of imidazole rings is 1. The maximum Gasteiger partial charge on any atom is 0.227 e. The predicted octanol–water partition coefficient (Wildman–Crippen LogP) is 5.24. The Hall–Kier alpha value is -3.20. The van der Waals surface area contributed by atoms with E-state index < -0.39 is 0 Å². The number of nitrogens with zero attached hydrogens (tertiary/aromatic N) is 5. The molecule has 8 nitrogen and oxygen atoms in total. The van der Waals surface area contributed by atoms with Gasteiger partial charge in [0.05, 0.1) is 30.6 Å². The van der Waals surface area contributed by atoms with Crippen molar-refractivity contribution < 1.29 is 14.1 Å². The zero-order valence-electron chi connectivity index (χ0n) is 21.1. The van der Waals surface area contributed by atoms with Crippen LogP contribution in [0.15, 0.2) is 53.2 Å². The van der Waals surface area contributed by atoms with E-state index in [0.717, 1.165) is 72.3 Å². The molecule has 6 rings (SSSR count). The van der Waals surface area contributed by atoms with Crippen LogP contribution in [0.3, 0.4) is 0 Å². The lowest BCUT2D eigenvalue weighted by Crippen LogP contribution is -2.44. The fourth-order valence-corrected chi connectivity index (χ4v) is 5.68. The lowest BCUT2D eigenvalue weighted by atomic mass is 10.1. The third kappa shape index (κ3) is 4.65. The van der Waals surface area contributed by atoms with Gasteiger partial charge in [-0.25, -0.2) is 4.98 Å². The summed E-state index contributed by atoms with van der Waals surface area (Å²) < 4.78 is 13.2. The van der Waals surface area contributed by atoms with Crippen LogP contribution in [0.1, 0.15) is 37.3 Å². The first-order chi connectivity index (χ1) is 18.0. The number of carbonyl (C=O) groups excluding carboxylic acids is 1. The van der Waals surface area contributed by atoms with Crippen LogP contribution in [0.25, 0.3) is 22.2 Å². The van der Waals surface area contributed by atoms with Gasteiger partial charge in [0.1, 0.15) is 5.82 Å². The number of morpholine rings is 1. The molecule has 0 unspecified atom stereocenters. The van der Waals surface area contributed by atoms with E-state index in [1.165, 1.54) is 0 Å². The number of hydrogen-bond donors (Lipinski definition) is 0. The van der Waals surface area contributed by atoms with Crippen LogP contribution in [0.2, 0.25) is 5.02 Å². The van der Waals surface area contributed by atoms with Crippen LogP contribution in [0.5, 0.6) is 0 Å². The monoisotopic (exact) mass is 519 g/mol. The number of rotatable bonds is 6. The maximum absolute atomic E-state index is 13.1. The molecule has 0 spiro atoms. The summed E-state index contributed by atoms with van der Waals surface area (Å²) in [5.41, 5.74) is 4.29. The van der Waals surface area contributed by atoms with Gasteiger partial charge in [0.25, 0.3) is 0 Å². The average Bonchev–Trinajstić information content (AvgIpc) is 3.61. The average molecular weight is 520 g/mol. The molecule has 2 fully saturated rings. The van der Waals surface area contributed by atoms with Crippen LogP contribution < -0.4 is 4.90 Å². The number of aryl methyl sites for hydroxylation is 1. The molecule has 4 aromatic rings. The number of halogens is 1. The molecular formula is C28H30ClN5O3. The van der Waals surface area contributed by atoms with Gasteiger partial charge in [-0.05, 0) is 56.7 Å². The summed E-state index contributed by atoms with van der Waals surface area (Å²) in [6.07, 6.45) is 3.30. The molecule has 0 aliphatic carbocycles. The minimum absolute atomic E-state index is 0.0890. The SMILES string of the molecule is Cc1noc2ccc(-c3cn(C[C@H](C)N4CCOCC4)c([C@@H]4CCC(=O)N4c4cccc(Cl)c4)n3)cc12. The number of anilines is 1. The molecule has 2 aromatic carbocycles. The van der Waals surface area contributed by atoms with E-state index in [1.807, 2.05) is 48.2 Å². The van der Waals surface area contributed by atoms with Gasteiger partial charge in [-0.3, -0.25) is 9.69 Å². The smallest absolute Gasteiger partial charge is 0.227 e. The number of aromatic nitrogens is 3. The fourth-order valence-electron chi connectivity index (χ4n) is 5.50. The van der Waals surface area contributed by atoms with E-state index in [-0.39, 0.29) is 11.9 Å². The third-order valence-corrected chi connectivity index (χ3v) is 7.71. The summed E-state index contributed by atoms with van der Waals surface area (Å²) >= 11 is 6.30. The van der Waals surface area contributed by atoms with Crippen LogP contribution in [0.4, 0.5) is 5.69 Å². The zero-order valence-corrected chi connectivity index (χ0v) is 21.8. The van der Waals surface area contributed by atoms with Crippen molar-refractivity contribution in [2.45, 2.75) is 45.3 Å². The molecule has 1 amide bonds. The molecule has 0 saturated carbocycles. The first-order valence-corrected chi connectivity index (χ1v) is 13.2. The van der Waals surface area contributed by atoms with Crippen molar-refractivity contribution in [2.75, 3.05) is 31.2 Å². The summed E-state index contributed by atoms with van der Waals surface area (Å²) in [7, 11) is 0. The van der Waals surface area contributed by atoms with Crippen LogP contribution >= 0.6 is 11.6 Å². The summed E-state index contributed by atoms with van der Waals surface area (Å²) in [4.78, 5) is 22.6. The second-order valence-electron chi connectivity index (χ2n) is 9.91. The Morgan fingerprint density at radius 2 is 2.00 bits per heavy atom. The van der Waals surface area contributed by atoms with E-state index >= 15 is 0 Å². The zero-order chi connectivity index (χ0) is 25.5. The Kier molecular flexibility index (Phi) is 6.48. The van der Waals surface area contributed by atoms with Crippen molar-refractivity contribution in [2.24, 2.45) is 0 Å². The van der Waals surface area contributed by atoms with E-state index in [9.17, 15) is 4.79 Å². The van der Waals surface area contributed by atoms with Crippen LogP contribution in [-0.4, -0.2) is 57.9 Å². The van der Waals surface area contributed by atoms with Gasteiger partial charge in [-0.15, -0.1) is 0 Å². The van der Waals surface area contributed by atoms with Gasteiger partial charge in [-0.1, -0.05) is 22.8 Å². The molecule has 0 N–H and O–H groups in total. The molecule has 37 heavy (non-hydrogen) atoms. The molecule has 2 aromatic heterocycles. The number of amides is 1. The highest BCUT2D eigenvalue weighted by Crippen LogP contribution is 2.39. The Labute approximate surface area is 220 Å². The predicted molar refractivity (Wildman–Crippen MR) is 143 cm³/mol. The number of ether oxygens (including phenoxy) is 1. The molecule has 2 aliphatic rings. The maximum atomic E-state index is 13.1. The van der Waals surface area contributed by atoms with Gasteiger partial charge >= 0.3 is 0 Å². The first-order valence-electron chi connectivity index (χ1n) is 12.8. The van der Waals surface area contributed by atoms with E-state index in [2.05, 4.69) is 33.8 Å². The number of benzene rings is 2. The van der Waals surface area contributed by atoms with Gasteiger partial charge in [0, 0.05) is 60.0 Å². The highest BCUT2D eigenvalue weighted by molar-refractivity contribution is 6.30. The Balaban J connectivity index is 1.41. The quantitative estimate of drug-likeness (QED) is 0.346. The van der Waals surface area contributed by atoms with E-state index in [1.54, 1.807) is 0 Å². The minimum atomic E-state index is -0.169. The number of hydrogen-bond acceptors (Lipinski definition) is 6. The highest BCUT2D eigenvalue weighted by atomic mass is 35.5. The summed E-state index contributed by atoms with van der Waals surface area (Å²) in [6.45, 7) is 8.29. The van der Waals surface area contributed by atoms with Gasteiger partial charge in [0.15, 0.2) is 5.58 Å². The van der Waals surface area contributed by atoms with Crippen molar-refractivity contribution >= 4 is 34.2 Å². The van der Waals surface area contributed by atoms with Crippen molar-refractivity contribution in [3.8, 4) is 11.3 Å². The summed E-state index contributed by atoms with van der Waals surface area (Å²) in [5, 5.41) is 5.68. The third-order valence-electron chi connectivity index (χ3n) is 7.48. The Morgan fingerprint density at radius 3 is 2.81 bits per heavy atom. The fraction of sp³-hybridized carbons (Fsp3) is 0.393. The molecular weight excluding hydrogens is 490 g/mol. The lowest BCUT2D eigenvalue weighted by molar-refractivity contribution is -0.117. The summed E-state index contributed by atoms with van der Waals surface area (Å²) in [6, 6.07) is 13.7. The molecule has 2 aliphatic heterocycles. The standard InChI is InChI=1S/C28H30ClN5O3/c1-18(32-10-12-36-13-11-32)16-33-17-24(20-6-8-26-23(14-20)19(2)31-37-26)30-28(33)25-7-9-27(35)34(25)22-5-3-4-21(29)15-22/h3-6,8,14-15,17-18,25H,7,9-13,16H2,1-2H3/t18-,25-/m0/s1. The Bertz CT molecular complexity index is 1440. The molecule has 0 bridgehead atoms. The van der Waals surface area contributed by atoms with Crippen LogP contribution in [-0.2, 0) is 16.1 Å². The van der Waals surface area contributed by atoms with Gasteiger partial charge < -0.3 is 18.7 Å². The first kappa shape index (κ1) is 24.2. The molecule has 0 radical (unpaired) electrons. The minimum Gasteiger partial charge on any atom is -0.379 e. The highest BCUT2D eigenvalue weighted by Gasteiger charge is 2.37. The number of carbonyl (C=O) groups is 1. The Morgan fingerprint density at radius 1 is 1.16 bits per heavy atom. The lowest BCUT2D eigenvalue weighted by Gasteiger charge is -2.33. The van der Waals surface area contributed by atoms with E-state index in [0.29, 0.717) is 23.9 Å². The van der Waals surface area contributed by atoms with Gasteiger partial charge in [0.2, 0.25) is 5.91 Å². The topological polar surface area (TPSA) is 76.6 Å². The van der Waals surface area contributed by atoms with E-state index in [4.69, 9.17) is 25.8 Å². The van der Waals surface area contributed by atoms with Crippen molar-refractivity contribution in [3.63, 3.8) is 0 Å². The molecule has 9 heteroatoms. The second kappa shape index (κ2) is 9.93. The summed E-state index contributed by atoms with van der Waals surface area (Å²) in [5.74, 6) is 0.981. The molecule has 192 valence electrons. The van der Waals surface area contributed by atoms with Crippen molar-refractivity contribution in [1.29, 1.82) is 0 Å². The second-order valence-corrected chi connectivity index (χ2v) is 10.3. The van der Waals surface area contributed by atoms with Crippen molar-refractivity contribution in [3.05, 3.63) is 65.2 Å². The molecule has 2 atom stereocenters. The van der Waals surface area contributed by atoms with Gasteiger partial charge in [-0.2, -0.15) is 0 Å². The molecule has 4 heterocycles. The van der Waals surface area contributed by atoms with Crippen LogP contribution in [0, 0.1) is 6.92 Å². The number of fused-ring (bicyclic) bond motifs is 1. The molecule has 2 saturated heterocycles. The normalized spacial score (nSPS) is 19.7. The van der Waals surface area contributed by atoms with Crippen molar-refractivity contribution in [1.82, 2.24) is 19.6 Å². The largest absolute Gasteiger partial charge is 0.379 e.